The van der Waals surface area contributed by atoms with Crippen LogP contribution < -0.4 is 5.32 Å². The minimum Gasteiger partial charge on any atom is -0.351 e. The Morgan fingerprint density at radius 1 is 1.37 bits per heavy atom. The first-order valence-electron chi connectivity index (χ1n) is 6.07. The van der Waals surface area contributed by atoms with Crippen LogP contribution in [-0.4, -0.2) is 25.4 Å². The normalized spacial score (nSPS) is 12.2. The number of nitrogens with one attached hydrogen (secondary N) is 1. The second-order valence-corrected chi connectivity index (χ2v) is 7.67. The van der Waals surface area contributed by atoms with Crippen LogP contribution in [0.3, 0.4) is 0 Å². The van der Waals surface area contributed by atoms with Crippen molar-refractivity contribution in [1.82, 2.24) is 9.88 Å². The molecule has 0 saturated carbocycles. The topological polar surface area (TPSA) is 68.2 Å². The molecule has 0 fully saturated rings. The molecule has 1 aromatic rings. The first kappa shape index (κ1) is 16.0. The fourth-order valence-electron chi connectivity index (χ4n) is 1.58. The van der Waals surface area contributed by atoms with E-state index in [9.17, 15) is 13.2 Å². The first-order valence-corrected chi connectivity index (χ1v) is 8.38. The molecule has 0 aromatic carbocycles. The second kappa shape index (κ2) is 5.96. The number of hydrogen-bond donors (Lipinski definition) is 1. The predicted molar refractivity (Wildman–Crippen MR) is 75.0 cm³/mol. The van der Waals surface area contributed by atoms with Crippen molar-refractivity contribution in [2.24, 2.45) is 5.92 Å². The molecule has 0 aliphatic carbocycles. The molecular weight excluding hydrogens is 288 g/mol. The molecule has 0 spiro atoms. The lowest BCUT2D eigenvalue weighted by atomic mass is 10.2. The zero-order valence-corrected chi connectivity index (χ0v) is 13.0. The third-order valence-electron chi connectivity index (χ3n) is 2.56. The zero-order chi connectivity index (χ0) is 14.8. The van der Waals surface area contributed by atoms with Gasteiger partial charge in [-0.2, -0.15) is 0 Å². The molecule has 1 heterocycles. The van der Waals surface area contributed by atoms with Gasteiger partial charge in [0.15, 0.2) is 0 Å². The molecule has 0 unspecified atom stereocenters. The summed E-state index contributed by atoms with van der Waals surface area (Å²) in [4.78, 5) is 12.0. The summed E-state index contributed by atoms with van der Waals surface area (Å²) in [7, 11) is 1.48. The highest BCUT2D eigenvalue weighted by Crippen LogP contribution is 2.21. The number of carbonyl (C=O) groups is 1. The Balaban J connectivity index is 3.12. The number of halogens is 1. The van der Waals surface area contributed by atoms with Crippen LogP contribution in [-0.2, 0) is 9.05 Å². The standard InChI is InChI=1S/C12H19ClN2O3S/c1-8(2)6-14-12(16)11-5-10(19(13,17)18)7-15(11)9(3)4/h5,7-9H,6H2,1-4H3,(H,14,16). The van der Waals surface area contributed by atoms with E-state index in [-0.39, 0.29) is 16.8 Å². The Labute approximate surface area is 118 Å². The van der Waals surface area contributed by atoms with Crippen molar-refractivity contribution in [3.05, 3.63) is 18.0 Å². The van der Waals surface area contributed by atoms with E-state index in [0.29, 0.717) is 18.2 Å². The third-order valence-corrected chi connectivity index (χ3v) is 3.89. The number of nitrogens with zero attached hydrogens (tertiary/aromatic N) is 1. The van der Waals surface area contributed by atoms with E-state index < -0.39 is 9.05 Å². The molecule has 1 N–H and O–H groups in total. The van der Waals surface area contributed by atoms with Gasteiger partial charge in [0, 0.05) is 29.5 Å². The van der Waals surface area contributed by atoms with Crippen LogP contribution >= 0.6 is 10.7 Å². The van der Waals surface area contributed by atoms with Crippen LogP contribution in [0, 0.1) is 5.92 Å². The summed E-state index contributed by atoms with van der Waals surface area (Å²) in [5.74, 6) is 0.0246. The minimum absolute atomic E-state index is 0.0352. The van der Waals surface area contributed by atoms with Crippen molar-refractivity contribution in [1.29, 1.82) is 0 Å². The molecule has 0 radical (unpaired) electrons. The van der Waals surface area contributed by atoms with E-state index in [4.69, 9.17) is 10.7 Å². The molecule has 5 nitrogen and oxygen atoms in total. The predicted octanol–water partition coefficient (Wildman–Crippen LogP) is 2.38. The smallest absolute Gasteiger partial charge is 0.267 e. The van der Waals surface area contributed by atoms with E-state index in [1.165, 1.54) is 12.3 Å². The van der Waals surface area contributed by atoms with E-state index >= 15 is 0 Å². The maximum Gasteiger partial charge on any atom is 0.267 e. The molecule has 0 aliphatic rings. The summed E-state index contributed by atoms with van der Waals surface area (Å²) >= 11 is 0. The number of hydrogen-bond acceptors (Lipinski definition) is 3. The quantitative estimate of drug-likeness (QED) is 0.849. The fourth-order valence-corrected chi connectivity index (χ4v) is 2.33. The summed E-state index contributed by atoms with van der Waals surface area (Å²) in [6, 6.07) is 1.27. The zero-order valence-electron chi connectivity index (χ0n) is 11.5. The number of carbonyl (C=O) groups excluding carboxylic acids is 1. The number of rotatable bonds is 5. The molecule has 1 aromatic heterocycles. The van der Waals surface area contributed by atoms with Gasteiger partial charge in [-0.3, -0.25) is 4.79 Å². The summed E-state index contributed by atoms with van der Waals surface area (Å²) in [6.45, 7) is 8.23. The van der Waals surface area contributed by atoms with Gasteiger partial charge in [-0.05, 0) is 25.8 Å². The van der Waals surface area contributed by atoms with Crippen LogP contribution in [0.5, 0.6) is 0 Å². The highest BCUT2D eigenvalue weighted by atomic mass is 35.7. The highest BCUT2D eigenvalue weighted by molar-refractivity contribution is 8.13. The van der Waals surface area contributed by atoms with Gasteiger partial charge in [0.1, 0.15) is 10.6 Å². The Morgan fingerprint density at radius 2 is 1.95 bits per heavy atom. The van der Waals surface area contributed by atoms with Gasteiger partial charge in [-0.25, -0.2) is 8.42 Å². The van der Waals surface area contributed by atoms with Crippen LogP contribution in [0.4, 0.5) is 0 Å². The minimum atomic E-state index is -3.83. The van der Waals surface area contributed by atoms with Crippen LogP contribution in [0.2, 0.25) is 0 Å². The fraction of sp³-hybridized carbons (Fsp3) is 0.583. The SMILES string of the molecule is CC(C)CNC(=O)c1cc(S(=O)(=O)Cl)cn1C(C)C. The van der Waals surface area contributed by atoms with Crippen molar-refractivity contribution in [2.75, 3.05) is 6.54 Å². The van der Waals surface area contributed by atoms with E-state index in [1.54, 1.807) is 4.57 Å². The first-order chi connectivity index (χ1) is 8.62. The lowest BCUT2D eigenvalue weighted by Crippen LogP contribution is -2.29. The van der Waals surface area contributed by atoms with Crippen molar-refractivity contribution in [2.45, 2.75) is 38.6 Å². The second-order valence-electron chi connectivity index (χ2n) is 5.10. The molecule has 19 heavy (non-hydrogen) atoms. The van der Waals surface area contributed by atoms with Crippen molar-refractivity contribution >= 4 is 25.6 Å². The molecule has 0 bridgehead atoms. The van der Waals surface area contributed by atoms with Gasteiger partial charge in [-0.15, -0.1) is 0 Å². The lowest BCUT2D eigenvalue weighted by molar-refractivity contribution is 0.0938. The Kier molecular flexibility index (Phi) is 5.04. The molecule has 0 saturated heterocycles. The lowest BCUT2D eigenvalue weighted by Gasteiger charge is -2.13. The van der Waals surface area contributed by atoms with Crippen LogP contribution in [0.25, 0.3) is 0 Å². The molecule has 1 amide bonds. The molecule has 0 aliphatic heterocycles. The molecule has 108 valence electrons. The molecule has 1 rings (SSSR count). The van der Waals surface area contributed by atoms with Crippen LogP contribution in [0.15, 0.2) is 17.2 Å². The van der Waals surface area contributed by atoms with Gasteiger partial charge in [0.2, 0.25) is 0 Å². The molecular formula is C12H19ClN2O3S. The number of aromatic nitrogens is 1. The monoisotopic (exact) mass is 306 g/mol. The summed E-state index contributed by atoms with van der Waals surface area (Å²) in [5, 5.41) is 2.76. The molecule has 0 atom stereocenters. The van der Waals surface area contributed by atoms with Crippen LogP contribution in [0.1, 0.15) is 44.2 Å². The maximum atomic E-state index is 12.0. The molecule has 7 heteroatoms. The largest absolute Gasteiger partial charge is 0.351 e. The Bertz CT molecular complexity index is 562. The van der Waals surface area contributed by atoms with E-state index in [1.807, 2.05) is 27.7 Å². The average molecular weight is 307 g/mol. The van der Waals surface area contributed by atoms with E-state index in [0.717, 1.165) is 0 Å². The van der Waals surface area contributed by atoms with Gasteiger partial charge in [0.05, 0.1) is 0 Å². The van der Waals surface area contributed by atoms with Gasteiger partial charge >= 0.3 is 0 Å². The van der Waals surface area contributed by atoms with Crippen molar-refractivity contribution in [3.63, 3.8) is 0 Å². The van der Waals surface area contributed by atoms with Gasteiger partial charge in [0.25, 0.3) is 15.0 Å². The average Bonchev–Trinajstić information content (AvgIpc) is 2.70. The third kappa shape index (κ3) is 4.24. The van der Waals surface area contributed by atoms with Gasteiger partial charge in [-0.1, -0.05) is 13.8 Å². The van der Waals surface area contributed by atoms with E-state index in [2.05, 4.69) is 5.32 Å². The Hall–Kier alpha value is -1.01. The maximum absolute atomic E-state index is 12.0. The summed E-state index contributed by atoms with van der Waals surface area (Å²) in [5.41, 5.74) is 0.301. The van der Waals surface area contributed by atoms with Crippen molar-refractivity contribution in [3.8, 4) is 0 Å². The summed E-state index contributed by atoms with van der Waals surface area (Å²) in [6.07, 6.45) is 1.39. The van der Waals surface area contributed by atoms with Gasteiger partial charge < -0.3 is 9.88 Å². The van der Waals surface area contributed by atoms with Crippen molar-refractivity contribution < 1.29 is 13.2 Å². The number of amides is 1. The Morgan fingerprint density at radius 3 is 2.37 bits per heavy atom. The summed E-state index contributed by atoms with van der Waals surface area (Å²) < 4.78 is 24.3. The highest BCUT2D eigenvalue weighted by Gasteiger charge is 2.21.